The van der Waals surface area contributed by atoms with Crippen LogP contribution in [0.25, 0.3) is 5.69 Å². The van der Waals surface area contributed by atoms with Gasteiger partial charge in [-0.05, 0) is 44.0 Å². The lowest BCUT2D eigenvalue weighted by atomic mass is 10.0. The lowest BCUT2D eigenvalue weighted by Crippen LogP contribution is -2.52. The fraction of sp³-hybridized carbons (Fsp3) is 0.500. The highest BCUT2D eigenvalue weighted by Crippen LogP contribution is 2.29. The number of halogens is 3. The van der Waals surface area contributed by atoms with Crippen molar-refractivity contribution in [2.24, 2.45) is 0 Å². The highest BCUT2D eigenvalue weighted by molar-refractivity contribution is 6.05. The molecule has 3 aliphatic heterocycles. The molecular formula is C24H27F3N6O6. The molecule has 2 N–H and O–H groups in total. The van der Waals surface area contributed by atoms with Gasteiger partial charge in [-0.15, -0.1) is 5.10 Å². The van der Waals surface area contributed by atoms with Crippen LogP contribution in [0.4, 0.5) is 13.2 Å². The number of carboxylic acids is 1. The maximum Gasteiger partial charge on any atom is 0.490 e. The molecule has 2 aromatic rings. The second-order valence-corrected chi connectivity index (χ2v) is 9.65. The van der Waals surface area contributed by atoms with Crippen LogP contribution in [0.1, 0.15) is 48.3 Å². The fourth-order valence-corrected chi connectivity index (χ4v) is 4.84. The Bertz CT molecular complexity index is 1270. The number of nitrogens with one attached hydrogen (secondary N) is 1. The summed E-state index contributed by atoms with van der Waals surface area (Å²) in [4.78, 5) is 49.3. The molecule has 3 aliphatic rings. The van der Waals surface area contributed by atoms with Gasteiger partial charge in [0, 0.05) is 38.2 Å². The number of rotatable bonds is 4. The molecule has 1 aromatic heterocycles. The van der Waals surface area contributed by atoms with Crippen LogP contribution >= 0.6 is 0 Å². The lowest BCUT2D eigenvalue weighted by molar-refractivity contribution is -0.192. The molecule has 210 valence electrons. The summed E-state index contributed by atoms with van der Waals surface area (Å²) in [6, 6.07) is 4.90. The summed E-state index contributed by atoms with van der Waals surface area (Å²) in [7, 11) is 0. The van der Waals surface area contributed by atoms with Crippen LogP contribution in [0.15, 0.2) is 24.4 Å². The number of carboxylic acid groups (broad SMARTS) is 1. The van der Waals surface area contributed by atoms with Crippen molar-refractivity contribution < 1.29 is 42.2 Å². The maximum absolute atomic E-state index is 12.9. The number of carbonyl (C=O) groups is 4. The zero-order chi connectivity index (χ0) is 28.5. The van der Waals surface area contributed by atoms with E-state index in [1.165, 1.54) is 0 Å². The molecule has 3 amide bonds. The van der Waals surface area contributed by atoms with E-state index in [2.05, 4.69) is 34.4 Å². The van der Waals surface area contributed by atoms with E-state index in [4.69, 9.17) is 14.6 Å². The first kappa shape index (κ1) is 28.2. The number of morpholine rings is 1. The molecule has 39 heavy (non-hydrogen) atoms. The van der Waals surface area contributed by atoms with Gasteiger partial charge in [-0.1, -0.05) is 5.21 Å². The standard InChI is InChI=1S/C22H26N6O4.C2HF3O2/c1-13-8-26(9-14(2)32-13)11-16-12-28(25-24-16)17-3-4-18-15(7-17)10-27(22(18)31)19-5-6-20(29)23-21(19)30;3-2(4,5)1(6)7/h3-4,7,12-14,19H,5-6,8-11H2,1-2H3,(H,23,29,30);(H,6,7)/t13-,14+,19?;. The van der Waals surface area contributed by atoms with E-state index in [0.29, 0.717) is 25.1 Å². The molecule has 1 aromatic carbocycles. The summed E-state index contributed by atoms with van der Waals surface area (Å²) in [5.41, 5.74) is 3.09. The van der Waals surface area contributed by atoms with E-state index in [1.807, 2.05) is 18.3 Å². The first-order valence-corrected chi connectivity index (χ1v) is 12.2. The summed E-state index contributed by atoms with van der Waals surface area (Å²) in [5.74, 6) is -3.64. The Balaban J connectivity index is 0.000000448. The van der Waals surface area contributed by atoms with E-state index < -0.39 is 24.1 Å². The van der Waals surface area contributed by atoms with Crippen LogP contribution in [0.2, 0.25) is 0 Å². The number of fused-ring (bicyclic) bond motifs is 1. The predicted molar refractivity (Wildman–Crippen MR) is 126 cm³/mol. The number of carbonyl (C=O) groups excluding carboxylic acids is 3. The molecule has 0 saturated carbocycles. The van der Waals surface area contributed by atoms with Crippen molar-refractivity contribution in [3.8, 4) is 5.69 Å². The number of piperidine rings is 1. The fourth-order valence-electron chi connectivity index (χ4n) is 4.84. The molecule has 2 saturated heterocycles. The molecule has 12 nitrogen and oxygen atoms in total. The average Bonchev–Trinajstić information content (AvgIpc) is 3.42. The molecule has 4 heterocycles. The monoisotopic (exact) mass is 552 g/mol. The quantitative estimate of drug-likeness (QED) is 0.535. The number of ether oxygens (including phenoxy) is 1. The molecule has 0 spiro atoms. The van der Waals surface area contributed by atoms with Crippen molar-refractivity contribution in [3.05, 3.63) is 41.2 Å². The first-order valence-electron chi connectivity index (χ1n) is 12.2. The minimum atomic E-state index is -5.08. The van der Waals surface area contributed by atoms with Crippen molar-refractivity contribution in [1.29, 1.82) is 0 Å². The summed E-state index contributed by atoms with van der Waals surface area (Å²) < 4.78 is 39.2. The number of aromatic nitrogens is 3. The Morgan fingerprint density at radius 3 is 2.46 bits per heavy atom. The number of nitrogens with zero attached hydrogens (tertiary/aromatic N) is 5. The summed E-state index contributed by atoms with van der Waals surface area (Å²) in [6.07, 6.45) is -2.21. The van der Waals surface area contributed by atoms with Gasteiger partial charge in [-0.3, -0.25) is 24.6 Å². The first-order chi connectivity index (χ1) is 18.3. The highest BCUT2D eigenvalue weighted by Gasteiger charge is 2.39. The van der Waals surface area contributed by atoms with Crippen molar-refractivity contribution in [1.82, 2.24) is 30.1 Å². The molecule has 3 atom stereocenters. The lowest BCUT2D eigenvalue weighted by Gasteiger charge is -2.34. The number of imide groups is 1. The van der Waals surface area contributed by atoms with Gasteiger partial charge in [0.1, 0.15) is 6.04 Å². The van der Waals surface area contributed by atoms with E-state index >= 15 is 0 Å². The summed E-state index contributed by atoms with van der Waals surface area (Å²) in [6.45, 7) is 6.89. The Morgan fingerprint density at radius 2 is 1.85 bits per heavy atom. The van der Waals surface area contributed by atoms with Gasteiger partial charge in [-0.2, -0.15) is 13.2 Å². The largest absolute Gasteiger partial charge is 0.490 e. The number of alkyl halides is 3. The number of benzene rings is 1. The third-order valence-corrected chi connectivity index (χ3v) is 6.44. The summed E-state index contributed by atoms with van der Waals surface area (Å²) >= 11 is 0. The molecule has 0 radical (unpaired) electrons. The van der Waals surface area contributed by atoms with Crippen LogP contribution < -0.4 is 5.32 Å². The third-order valence-electron chi connectivity index (χ3n) is 6.44. The van der Waals surface area contributed by atoms with E-state index in [9.17, 15) is 27.6 Å². The van der Waals surface area contributed by atoms with Gasteiger partial charge >= 0.3 is 12.1 Å². The Morgan fingerprint density at radius 1 is 1.18 bits per heavy atom. The SMILES string of the molecule is C[C@@H]1CN(Cc2cn(-c3ccc4c(c3)CN(C3CCC(=O)NC3=O)C4=O)nn2)C[C@H](C)O1.O=C(O)C(F)(F)F. The van der Waals surface area contributed by atoms with Crippen molar-refractivity contribution in [2.45, 2.75) is 64.2 Å². The predicted octanol–water partition coefficient (Wildman–Crippen LogP) is 1.27. The normalized spacial score (nSPS) is 23.7. The van der Waals surface area contributed by atoms with Gasteiger partial charge in [0.15, 0.2) is 0 Å². The number of hydrogen-bond donors (Lipinski definition) is 2. The molecule has 2 fully saturated rings. The molecule has 15 heteroatoms. The Kier molecular flexibility index (Phi) is 8.02. The number of aliphatic carboxylic acids is 1. The number of hydrogen-bond acceptors (Lipinski definition) is 8. The summed E-state index contributed by atoms with van der Waals surface area (Å²) in [5, 5.41) is 18.0. The second-order valence-electron chi connectivity index (χ2n) is 9.65. The molecular weight excluding hydrogens is 525 g/mol. The minimum absolute atomic E-state index is 0.184. The van der Waals surface area contributed by atoms with Crippen LogP contribution in [0, 0.1) is 0 Å². The molecule has 0 bridgehead atoms. The molecule has 1 unspecified atom stereocenters. The highest BCUT2D eigenvalue weighted by atomic mass is 19.4. The average molecular weight is 553 g/mol. The second kappa shape index (κ2) is 11.1. The zero-order valence-corrected chi connectivity index (χ0v) is 21.1. The van der Waals surface area contributed by atoms with Crippen molar-refractivity contribution in [2.75, 3.05) is 13.1 Å². The maximum atomic E-state index is 12.9. The van der Waals surface area contributed by atoms with Gasteiger partial charge in [0.05, 0.1) is 29.8 Å². The smallest absolute Gasteiger partial charge is 0.475 e. The van der Waals surface area contributed by atoms with E-state index in [1.54, 1.807) is 15.6 Å². The van der Waals surface area contributed by atoms with Crippen LogP contribution in [-0.2, 0) is 32.2 Å². The minimum Gasteiger partial charge on any atom is -0.475 e. The third kappa shape index (κ3) is 6.60. The topological polar surface area (TPSA) is 147 Å². The zero-order valence-electron chi connectivity index (χ0n) is 21.1. The van der Waals surface area contributed by atoms with Crippen LogP contribution in [-0.4, -0.2) is 91.1 Å². The van der Waals surface area contributed by atoms with Crippen molar-refractivity contribution in [3.63, 3.8) is 0 Å². The Hall–Kier alpha value is -3.85. The van der Waals surface area contributed by atoms with Crippen molar-refractivity contribution >= 4 is 23.7 Å². The molecule has 5 rings (SSSR count). The van der Waals surface area contributed by atoms with E-state index in [0.717, 1.165) is 30.0 Å². The van der Waals surface area contributed by atoms with E-state index in [-0.39, 0.29) is 30.4 Å². The van der Waals surface area contributed by atoms with Gasteiger partial charge in [0.2, 0.25) is 11.8 Å². The number of amides is 3. The molecule has 0 aliphatic carbocycles. The van der Waals surface area contributed by atoms with Gasteiger partial charge in [-0.25, -0.2) is 9.48 Å². The van der Waals surface area contributed by atoms with Crippen LogP contribution in [0.3, 0.4) is 0 Å². The Labute approximate surface area is 220 Å². The van der Waals surface area contributed by atoms with Gasteiger partial charge < -0.3 is 14.7 Å². The van der Waals surface area contributed by atoms with Gasteiger partial charge in [0.25, 0.3) is 5.91 Å². The van der Waals surface area contributed by atoms with Crippen LogP contribution in [0.5, 0.6) is 0 Å².